The standard InChI is InChI=1S/C7H15NO/c1-8(6-9-2)7-4-3-5-7/h7H,3-6H2,1-2H3. The van der Waals surface area contributed by atoms with Crippen LogP contribution >= 0.6 is 0 Å². The van der Waals surface area contributed by atoms with Crippen molar-refractivity contribution in [3.05, 3.63) is 0 Å². The summed E-state index contributed by atoms with van der Waals surface area (Å²) in [6.07, 6.45) is 4.12. The molecule has 0 N–H and O–H groups in total. The van der Waals surface area contributed by atoms with Gasteiger partial charge in [0, 0.05) is 13.2 Å². The minimum absolute atomic E-state index is 0.782. The summed E-state index contributed by atoms with van der Waals surface area (Å²) in [5.41, 5.74) is 0. The van der Waals surface area contributed by atoms with Gasteiger partial charge in [-0.2, -0.15) is 0 Å². The van der Waals surface area contributed by atoms with E-state index in [0.29, 0.717) is 0 Å². The van der Waals surface area contributed by atoms with Crippen LogP contribution in [0.25, 0.3) is 0 Å². The van der Waals surface area contributed by atoms with Crippen molar-refractivity contribution in [3.8, 4) is 0 Å². The number of nitrogens with zero attached hydrogens (tertiary/aromatic N) is 1. The summed E-state index contributed by atoms with van der Waals surface area (Å²) >= 11 is 0. The van der Waals surface area contributed by atoms with Gasteiger partial charge in [-0.3, -0.25) is 4.90 Å². The molecule has 0 bridgehead atoms. The molecule has 1 saturated carbocycles. The molecule has 1 rings (SSSR count). The highest BCUT2D eigenvalue weighted by atomic mass is 16.5. The molecule has 0 aromatic carbocycles. The first-order valence-corrected chi connectivity index (χ1v) is 3.54. The van der Waals surface area contributed by atoms with Gasteiger partial charge < -0.3 is 4.74 Å². The van der Waals surface area contributed by atoms with E-state index in [2.05, 4.69) is 11.9 Å². The average molecular weight is 129 g/mol. The van der Waals surface area contributed by atoms with Gasteiger partial charge >= 0.3 is 0 Å². The fourth-order valence-electron chi connectivity index (χ4n) is 1.14. The molecule has 2 nitrogen and oxygen atoms in total. The first kappa shape index (κ1) is 7.03. The van der Waals surface area contributed by atoms with Crippen molar-refractivity contribution in [2.24, 2.45) is 0 Å². The molecule has 2 heteroatoms. The van der Waals surface area contributed by atoms with E-state index in [1.165, 1.54) is 19.3 Å². The van der Waals surface area contributed by atoms with Crippen LogP contribution in [-0.2, 0) is 4.74 Å². The van der Waals surface area contributed by atoms with Crippen molar-refractivity contribution in [3.63, 3.8) is 0 Å². The van der Waals surface area contributed by atoms with Gasteiger partial charge in [0.05, 0.1) is 6.73 Å². The predicted octanol–water partition coefficient (Wildman–Crippen LogP) is 1.07. The minimum atomic E-state index is 0.782. The van der Waals surface area contributed by atoms with Gasteiger partial charge in [0.2, 0.25) is 0 Å². The zero-order valence-corrected chi connectivity index (χ0v) is 6.26. The minimum Gasteiger partial charge on any atom is -0.369 e. The highest BCUT2D eigenvalue weighted by Gasteiger charge is 2.20. The highest BCUT2D eigenvalue weighted by Crippen LogP contribution is 2.22. The molecule has 0 spiro atoms. The second-order valence-electron chi connectivity index (χ2n) is 2.76. The Bertz CT molecular complexity index is 81.0. The molecule has 0 saturated heterocycles. The molecule has 0 aromatic rings. The van der Waals surface area contributed by atoms with Gasteiger partial charge in [0.25, 0.3) is 0 Å². The number of hydrogen-bond donors (Lipinski definition) is 0. The fraction of sp³-hybridized carbons (Fsp3) is 1.00. The normalized spacial score (nSPS) is 20.3. The molecule has 9 heavy (non-hydrogen) atoms. The van der Waals surface area contributed by atoms with Gasteiger partial charge in [0.1, 0.15) is 0 Å². The largest absolute Gasteiger partial charge is 0.369 e. The second kappa shape index (κ2) is 3.18. The lowest BCUT2D eigenvalue weighted by molar-refractivity contribution is 0.0277. The molecule has 0 radical (unpaired) electrons. The first-order chi connectivity index (χ1) is 4.34. The summed E-state index contributed by atoms with van der Waals surface area (Å²) in [5.74, 6) is 0. The second-order valence-corrected chi connectivity index (χ2v) is 2.76. The highest BCUT2D eigenvalue weighted by molar-refractivity contribution is 4.76. The summed E-state index contributed by atoms with van der Waals surface area (Å²) in [6.45, 7) is 0.782. The third-order valence-electron chi connectivity index (χ3n) is 2.03. The smallest absolute Gasteiger partial charge is 0.0986 e. The maximum absolute atomic E-state index is 4.99. The van der Waals surface area contributed by atoms with E-state index in [0.717, 1.165) is 12.8 Å². The molecule has 1 fully saturated rings. The molecular weight excluding hydrogens is 114 g/mol. The monoisotopic (exact) mass is 129 g/mol. The van der Waals surface area contributed by atoms with Crippen molar-refractivity contribution < 1.29 is 4.74 Å². The quantitative estimate of drug-likeness (QED) is 0.529. The van der Waals surface area contributed by atoms with E-state index >= 15 is 0 Å². The summed E-state index contributed by atoms with van der Waals surface area (Å²) < 4.78 is 4.99. The van der Waals surface area contributed by atoms with E-state index in [4.69, 9.17) is 4.74 Å². The third kappa shape index (κ3) is 1.66. The molecule has 54 valence electrons. The van der Waals surface area contributed by atoms with Crippen molar-refractivity contribution in [2.75, 3.05) is 20.9 Å². The Morgan fingerprint density at radius 2 is 2.22 bits per heavy atom. The van der Waals surface area contributed by atoms with Crippen LogP contribution in [0.15, 0.2) is 0 Å². The molecule has 0 atom stereocenters. The van der Waals surface area contributed by atoms with E-state index in [1.807, 2.05) is 0 Å². The third-order valence-corrected chi connectivity index (χ3v) is 2.03. The Morgan fingerprint density at radius 1 is 1.56 bits per heavy atom. The zero-order chi connectivity index (χ0) is 6.69. The number of methoxy groups -OCH3 is 1. The maximum atomic E-state index is 4.99. The number of rotatable bonds is 3. The molecule has 0 aliphatic heterocycles. The van der Waals surface area contributed by atoms with Crippen LogP contribution in [0, 0.1) is 0 Å². The summed E-state index contributed by atoms with van der Waals surface area (Å²) in [6, 6.07) is 0.810. The van der Waals surface area contributed by atoms with Gasteiger partial charge in [-0.05, 0) is 19.9 Å². The number of hydrogen-bond acceptors (Lipinski definition) is 2. The van der Waals surface area contributed by atoms with Crippen LogP contribution in [0.4, 0.5) is 0 Å². The van der Waals surface area contributed by atoms with E-state index in [1.54, 1.807) is 7.11 Å². The summed E-state index contributed by atoms with van der Waals surface area (Å²) in [5, 5.41) is 0. The Morgan fingerprint density at radius 3 is 2.56 bits per heavy atom. The van der Waals surface area contributed by atoms with Crippen LogP contribution in [0.1, 0.15) is 19.3 Å². The predicted molar refractivity (Wildman–Crippen MR) is 37.3 cm³/mol. The Balaban J connectivity index is 2.08. The molecule has 1 aliphatic carbocycles. The zero-order valence-electron chi connectivity index (χ0n) is 6.26. The summed E-state index contributed by atoms with van der Waals surface area (Å²) in [7, 11) is 3.86. The van der Waals surface area contributed by atoms with Crippen LogP contribution in [0.2, 0.25) is 0 Å². The molecular formula is C7H15NO. The Hall–Kier alpha value is -0.0800. The molecule has 0 aromatic heterocycles. The van der Waals surface area contributed by atoms with Crippen LogP contribution < -0.4 is 0 Å². The van der Waals surface area contributed by atoms with Gasteiger partial charge in [-0.25, -0.2) is 0 Å². The summed E-state index contributed by atoms with van der Waals surface area (Å²) in [4.78, 5) is 2.27. The fourth-order valence-corrected chi connectivity index (χ4v) is 1.14. The van der Waals surface area contributed by atoms with E-state index < -0.39 is 0 Å². The lowest BCUT2D eigenvalue weighted by Crippen LogP contribution is -2.38. The molecule has 0 unspecified atom stereocenters. The van der Waals surface area contributed by atoms with Crippen molar-refractivity contribution in [1.82, 2.24) is 4.90 Å². The van der Waals surface area contributed by atoms with E-state index in [-0.39, 0.29) is 0 Å². The van der Waals surface area contributed by atoms with E-state index in [9.17, 15) is 0 Å². The lowest BCUT2D eigenvalue weighted by atomic mass is 9.92. The first-order valence-electron chi connectivity index (χ1n) is 3.54. The Kier molecular flexibility index (Phi) is 2.49. The molecule has 0 amide bonds. The SMILES string of the molecule is COCN(C)C1CCC1. The average Bonchev–Trinajstić information content (AvgIpc) is 1.60. The van der Waals surface area contributed by atoms with Crippen molar-refractivity contribution in [2.45, 2.75) is 25.3 Å². The van der Waals surface area contributed by atoms with Crippen molar-refractivity contribution >= 4 is 0 Å². The van der Waals surface area contributed by atoms with Crippen LogP contribution in [0.3, 0.4) is 0 Å². The van der Waals surface area contributed by atoms with Gasteiger partial charge in [-0.1, -0.05) is 6.42 Å². The van der Waals surface area contributed by atoms with Gasteiger partial charge in [-0.15, -0.1) is 0 Å². The number of ether oxygens (including phenoxy) is 1. The Labute approximate surface area is 56.8 Å². The van der Waals surface area contributed by atoms with Crippen LogP contribution in [-0.4, -0.2) is 31.8 Å². The lowest BCUT2D eigenvalue weighted by Gasteiger charge is -2.33. The van der Waals surface area contributed by atoms with Gasteiger partial charge in [0.15, 0.2) is 0 Å². The molecule has 0 heterocycles. The maximum Gasteiger partial charge on any atom is 0.0986 e. The van der Waals surface area contributed by atoms with Crippen molar-refractivity contribution in [1.29, 1.82) is 0 Å². The topological polar surface area (TPSA) is 12.5 Å². The van der Waals surface area contributed by atoms with Crippen LogP contribution in [0.5, 0.6) is 0 Å². The molecule has 1 aliphatic rings.